The van der Waals surface area contributed by atoms with Gasteiger partial charge >= 0.3 is 0 Å². The van der Waals surface area contributed by atoms with Crippen molar-refractivity contribution < 1.29 is 9.59 Å². The summed E-state index contributed by atoms with van der Waals surface area (Å²) in [5.41, 5.74) is 1.35. The molecule has 1 aliphatic heterocycles. The number of rotatable bonds is 4. The van der Waals surface area contributed by atoms with Gasteiger partial charge in [0.05, 0.1) is 5.75 Å². The van der Waals surface area contributed by atoms with Crippen LogP contribution in [0.15, 0.2) is 40.5 Å². The highest BCUT2D eigenvalue weighted by atomic mass is 32.2. The summed E-state index contributed by atoms with van der Waals surface area (Å²) in [7, 11) is 0. The Hall–Kier alpha value is -1.95. The maximum Gasteiger partial charge on any atom is 0.266 e. The highest BCUT2D eigenvalue weighted by molar-refractivity contribution is 8.15. The Morgan fingerprint density at radius 1 is 1.33 bits per heavy atom. The molecule has 0 saturated carbocycles. The summed E-state index contributed by atoms with van der Waals surface area (Å²) < 4.78 is 0. The van der Waals surface area contributed by atoms with Gasteiger partial charge < -0.3 is 0 Å². The second-order valence-electron chi connectivity index (χ2n) is 4.66. The maximum atomic E-state index is 12.4. The van der Waals surface area contributed by atoms with E-state index in [2.05, 4.69) is 17.1 Å². The second-order valence-corrected chi connectivity index (χ2v) is 5.60. The van der Waals surface area contributed by atoms with E-state index in [1.54, 1.807) is 24.3 Å². The number of imide groups is 1. The SMILES string of the molecule is CCC/C(C)=N\N=C1\SCC(=O)N1C(=O)c1ccccc1. The van der Waals surface area contributed by atoms with Crippen LogP contribution in [0.5, 0.6) is 0 Å². The Bertz CT molecular complexity index is 596. The van der Waals surface area contributed by atoms with Gasteiger partial charge in [0, 0.05) is 11.3 Å². The molecular formula is C15H17N3O2S. The molecule has 0 radical (unpaired) electrons. The van der Waals surface area contributed by atoms with Crippen molar-refractivity contribution in [3.8, 4) is 0 Å². The Morgan fingerprint density at radius 3 is 2.71 bits per heavy atom. The van der Waals surface area contributed by atoms with Crippen LogP contribution in [0, 0.1) is 0 Å². The first-order valence-electron chi connectivity index (χ1n) is 6.79. The van der Waals surface area contributed by atoms with Crippen LogP contribution in [-0.4, -0.2) is 33.3 Å². The van der Waals surface area contributed by atoms with E-state index < -0.39 is 0 Å². The number of carbonyl (C=O) groups is 2. The van der Waals surface area contributed by atoms with Crippen LogP contribution in [0.3, 0.4) is 0 Å². The van der Waals surface area contributed by atoms with Crippen molar-refractivity contribution in [3.63, 3.8) is 0 Å². The first-order chi connectivity index (χ1) is 10.1. The molecule has 2 amide bonds. The molecule has 1 fully saturated rings. The Kier molecular flexibility index (Phi) is 5.27. The molecule has 0 atom stereocenters. The highest BCUT2D eigenvalue weighted by Crippen LogP contribution is 2.22. The van der Waals surface area contributed by atoms with Crippen LogP contribution in [0.2, 0.25) is 0 Å². The van der Waals surface area contributed by atoms with Crippen LogP contribution in [-0.2, 0) is 4.79 Å². The number of hydrogen-bond acceptors (Lipinski definition) is 5. The fourth-order valence-electron chi connectivity index (χ4n) is 1.89. The third-order valence-corrected chi connectivity index (χ3v) is 3.82. The fourth-order valence-corrected chi connectivity index (χ4v) is 2.68. The van der Waals surface area contributed by atoms with E-state index in [4.69, 9.17) is 0 Å². The molecule has 0 aromatic heterocycles. The quantitative estimate of drug-likeness (QED) is 0.488. The van der Waals surface area contributed by atoms with Crippen molar-refractivity contribution in [2.75, 3.05) is 5.75 Å². The predicted octanol–water partition coefficient (Wildman–Crippen LogP) is 2.93. The lowest BCUT2D eigenvalue weighted by Gasteiger charge is -2.13. The summed E-state index contributed by atoms with van der Waals surface area (Å²) >= 11 is 1.24. The zero-order chi connectivity index (χ0) is 15.2. The highest BCUT2D eigenvalue weighted by Gasteiger charge is 2.34. The van der Waals surface area contributed by atoms with Crippen molar-refractivity contribution in [2.24, 2.45) is 10.2 Å². The summed E-state index contributed by atoms with van der Waals surface area (Å²) in [6.07, 6.45) is 1.83. The largest absolute Gasteiger partial charge is 0.273 e. The van der Waals surface area contributed by atoms with Crippen molar-refractivity contribution in [3.05, 3.63) is 35.9 Å². The Balaban J connectivity index is 2.23. The minimum Gasteiger partial charge on any atom is -0.273 e. The number of nitrogens with zero attached hydrogens (tertiary/aromatic N) is 3. The summed E-state index contributed by atoms with van der Waals surface area (Å²) in [6, 6.07) is 8.72. The molecule has 21 heavy (non-hydrogen) atoms. The lowest BCUT2D eigenvalue weighted by molar-refractivity contribution is -0.122. The summed E-state index contributed by atoms with van der Waals surface area (Å²) in [6.45, 7) is 3.95. The molecule has 1 aromatic carbocycles. The topological polar surface area (TPSA) is 62.1 Å². The normalized spacial score (nSPS) is 17.6. The van der Waals surface area contributed by atoms with Crippen LogP contribution in [0.1, 0.15) is 37.0 Å². The first kappa shape index (κ1) is 15.4. The van der Waals surface area contributed by atoms with Crippen molar-refractivity contribution in [1.29, 1.82) is 0 Å². The third-order valence-electron chi connectivity index (χ3n) is 2.91. The third kappa shape index (κ3) is 3.78. The van der Waals surface area contributed by atoms with Gasteiger partial charge in [0.2, 0.25) is 5.91 Å². The van der Waals surface area contributed by atoms with E-state index >= 15 is 0 Å². The summed E-state index contributed by atoms with van der Waals surface area (Å²) in [4.78, 5) is 25.4. The molecule has 5 nitrogen and oxygen atoms in total. The standard InChI is InChI=1S/C15H17N3O2S/c1-3-7-11(2)16-17-15-18(13(19)10-21-15)14(20)12-8-5-4-6-9-12/h4-6,8-9H,3,7,10H2,1-2H3/b16-11-,17-15+. The summed E-state index contributed by atoms with van der Waals surface area (Å²) in [5.74, 6) is -0.386. The van der Waals surface area contributed by atoms with Crippen molar-refractivity contribution in [1.82, 2.24) is 4.90 Å². The Morgan fingerprint density at radius 2 is 2.05 bits per heavy atom. The van der Waals surface area contributed by atoms with Gasteiger partial charge in [-0.1, -0.05) is 43.3 Å². The van der Waals surface area contributed by atoms with E-state index in [0.29, 0.717) is 10.7 Å². The van der Waals surface area contributed by atoms with E-state index in [-0.39, 0.29) is 17.6 Å². The van der Waals surface area contributed by atoms with Gasteiger partial charge in [-0.05, 0) is 25.5 Å². The maximum absolute atomic E-state index is 12.4. The molecule has 1 aliphatic rings. The van der Waals surface area contributed by atoms with Gasteiger partial charge in [-0.2, -0.15) is 5.10 Å². The average Bonchev–Trinajstić information content (AvgIpc) is 2.86. The molecule has 0 aliphatic carbocycles. The summed E-state index contributed by atoms with van der Waals surface area (Å²) in [5, 5.41) is 8.52. The van der Waals surface area contributed by atoms with E-state index in [1.165, 1.54) is 11.8 Å². The Labute approximate surface area is 128 Å². The lowest BCUT2D eigenvalue weighted by atomic mass is 10.2. The van der Waals surface area contributed by atoms with Gasteiger partial charge in [0.15, 0.2) is 5.17 Å². The van der Waals surface area contributed by atoms with Gasteiger partial charge in [0.1, 0.15) is 0 Å². The smallest absolute Gasteiger partial charge is 0.266 e. The van der Waals surface area contributed by atoms with Gasteiger partial charge in [-0.25, -0.2) is 4.90 Å². The lowest BCUT2D eigenvalue weighted by Crippen LogP contribution is -2.35. The van der Waals surface area contributed by atoms with Gasteiger partial charge in [0.25, 0.3) is 5.91 Å². The molecule has 2 rings (SSSR count). The van der Waals surface area contributed by atoms with Gasteiger partial charge in [-0.15, -0.1) is 5.10 Å². The van der Waals surface area contributed by atoms with Crippen LogP contribution in [0.25, 0.3) is 0 Å². The predicted molar refractivity (Wildman–Crippen MR) is 85.5 cm³/mol. The zero-order valence-electron chi connectivity index (χ0n) is 12.1. The van der Waals surface area contributed by atoms with E-state index in [1.807, 2.05) is 13.0 Å². The monoisotopic (exact) mass is 303 g/mol. The van der Waals surface area contributed by atoms with Crippen LogP contribution in [0.4, 0.5) is 0 Å². The number of benzene rings is 1. The van der Waals surface area contributed by atoms with Crippen molar-refractivity contribution >= 4 is 34.5 Å². The fraction of sp³-hybridized carbons (Fsp3) is 0.333. The molecule has 0 unspecified atom stereocenters. The number of thioether (sulfide) groups is 1. The van der Waals surface area contributed by atoms with E-state index in [9.17, 15) is 9.59 Å². The molecule has 1 saturated heterocycles. The van der Waals surface area contributed by atoms with Gasteiger partial charge in [-0.3, -0.25) is 9.59 Å². The molecule has 6 heteroatoms. The zero-order valence-corrected chi connectivity index (χ0v) is 12.9. The molecule has 110 valence electrons. The first-order valence-corrected chi connectivity index (χ1v) is 7.78. The molecule has 1 aromatic rings. The van der Waals surface area contributed by atoms with Crippen LogP contribution < -0.4 is 0 Å². The molecule has 1 heterocycles. The molecule has 0 N–H and O–H groups in total. The second kappa shape index (κ2) is 7.17. The number of hydrogen-bond donors (Lipinski definition) is 0. The molecule has 0 bridgehead atoms. The minimum atomic E-state index is -0.354. The van der Waals surface area contributed by atoms with Crippen molar-refractivity contribution in [2.45, 2.75) is 26.7 Å². The van der Waals surface area contributed by atoms with Crippen LogP contribution >= 0.6 is 11.8 Å². The van der Waals surface area contributed by atoms with E-state index in [0.717, 1.165) is 23.5 Å². The number of carbonyl (C=O) groups excluding carboxylic acids is 2. The average molecular weight is 303 g/mol. The minimum absolute atomic E-state index is 0.222. The number of amides is 2. The molecular weight excluding hydrogens is 286 g/mol. The number of amidine groups is 1. The molecule has 0 spiro atoms.